The topological polar surface area (TPSA) is 86.3 Å². The van der Waals surface area contributed by atoms with E-state index in [1.165, 1.54) is 24.3 Å². The van der Waals surface area contributed by atoms with Crippen LogP contribution in [0.4, 0.5) is 11.4 Å². The summed E-state index contributed by atoms with van der Waals surface area (Å²) in [4.78, 5) is 20.7. The zero-order valence-corrected chi connectivity index (χ0v) is 21.1. The van der Waals surface area contributed by atoms with Gasteiger partial charge in [-0.05, 0) is 76.9 Å². The second-order valence-electron chi connectivity index (χ2n) is 8.84. The Bertz CT molecular complexity index is 1680. The molecule has 0 bridgehead atoms. The molecular formula is C34H20N2O4. The first-order valence-corrected chi connectivity index (χ1v) is 12.3. The molecule has 0 heterocycles. The maximum absolute atomic E-state index is 10.8. The zero-order valence-electron chi connectivity index (χ0n) is 21.1. The molecule has 0 saturated carbocycles. The van der Waals surface area contributed by atoms with Crippen molar-refractivity contribution < 1.29 is 9.85 Å². The fourth-order valence-electron chi connectivity index (χ4n) is 3.99. The number of nitrogens with zero attached hydrogens (tertiary/aromatic N) is 2. The van der Waals surface area contributed by atoms with E-state index < -0.39 is 9.85 Å². The Kier molecular flexibility index (Phi) is 7.44. The fourth-order valence-corrected chi connectivity index (χ4v) is 3.99. The molecule has 0 amide bonds. The maximum atomic E-state index is 10.8. The molecule has 6 heteroatoms. The average molecular weight is 521 g/mol. The quantitative estimate of drug-likeness (QED) is 0.138. The first kappa shape index (κ1) is 25.7. The molecule has 0 aliphatic carbocycles. The largest absolute Gasteiger partial charge is 0.269 e. The number of hydrogen-bond donors (Lipinski definition) is 0. The predicted octanol–water partition coefficient (Wildman–Crippen LogP) is 7.64. The van der Waals surface area contributed by atoms with Crippen molar-refractivity contribution >= 4 is 11.4 Å². The molecular weight excluding hydrogens is 500 g/mol. The van der Waals surface area contributed by atoms with E-state index in [0.29, 0.717) is 11.1 Å². The number of hydrogen-bond acceptors (Lipinski definition) is 4. The first-order chi connectivity index (χ1) is 19.4. The highest BCUT2D eigenvalue weighted by atomic mass is 16.6. The summed E-state index contributed by atoms with van der Waals surface area (Å²) in [6.45, 7) is 0. The van der Waals surface area contributed by atoms with Gasteiger partial charge in [0, 0.05) is 46.5 Å². The zero-order chi connectivity index (χ0) is 27.9. The number of non-ortho nitro benzene ring substituents is 2. The Morgan fingerprint density at radius 1 is 0.400 bits per heavy atom. The maximum Gasteiger partial charge on any atom is 0.269 e. The predicted molar refractivity (Wildman–Crippen MR) is 155 cm³/mol. The van der Waals surface area contributed by atoms with E-state index >= 15 is 0 Å². The fraction of sp³-hybridized carbons (Fsp3) is 0. The van der Waals surface area contributed by atoms with Crippen LogP contribution in [0, 0.1) is 43.9 Å². The normalized spacial score (nSPS) is 10.0. The SMILES string of the molecule is O=[N+]([O-])c1ccc(C#Cc2ccc(-c3cccc(-c4ccc(C#Cc5ccc([N+](=O)[O-])cc5)cc4)c3)cc2)cc1. The minimum atomic E-state index is -0.429. The lowest BCUT2D eigenvalue weighted by Gasteiger charge is -2.07. The van der Waals surface area contributed by atoms with Crippen LogP contribution in [-0.2, 0) is 0 Å². The summed E-state index contributed by atoms with van der Waals surface area (Å²) in [7, 11) is 0. The molecule has 6 nitrogen and oxygen atoms in total. The summed E-state index contributed by atoms with van der Waals surface area (Å²) in [5.41, 5.74) is 7.50. The van der Waals surface area contributed by atoms with Gasteiger partial charge in [0.2, 0.25) is 0 Å². The van der Waals surface area contributed by atoms with Crippen LogP contribution >= 0.6 is 0 Å². The van der Waals surface area contributed by atoms with Gasteiger partial charge < -0.3 is 0 Å². The molecule has 0 N–H and O–H groups in total. The Morgan fingerprint density at radius 3 is 1.00 bits per heavy atom. The molecule has 5 aromatic carbocycles. The van der Waals surface area contributed by atoms with Gasteiger partial charge in [0.15, 0.2) is 0 Å². The Hall–Kier alpha value is -5.98. The number of benzene rings is 5. The van der Waals surface area contributed by atoms with Gasteiger partial charge in [0.25, 0.3) is 11.4 Å². The summed E-state index contributed by atoms with van der Waals surface area (Å²) in [5, 5.41) is 21.6. The van der Waals surface area contributed by atoms with Crippen molar-refractivity contribution in [3.05, 3.63) is 164 Å². The van der Waals surface area contributed by atoms with Gasteiger partial charge in [-0.3, -0.25) is 20.2 Å². The van der Waals surface area contributed by atoms with Gasteiger partial charge in [0.1, 0.15) is 0 Å². The molecule has 0 atom stereocenters. The third kappa shape index (κ3) is 6.28. The molecule has 0 spiro atoms. The monoisotopic (exact) mass is 520 g/mol. The van der Waals surface area contributed by atoms with Gasteiger partial charge >= 0.3 is 0 Å². The summed E-state index contributed by atoms with van der Waals surface area (Å²) >= 11 is 0. The van der Waals surface area contributed by atoms with Crippen LogP contribution in [0.5, 0.6) is 0 Å². The smallest absolute Gasteiger partial charge is 0.258 e. The Morgan fingerprint density at radius 2 is 0.700 bits per heavy atom. The van der Waals surface area contributed by atoms with E-state index in [1.807, 2.05) is 54.6 Å². The molecule has 0 unspecified atom stereocenters. The number of nitro groups is 2. The highest BCUT2D eigenvalue weighted by Gasteiger charge is 2.05. The summed E-state index contributed by atoms with van der Waals surface area (Å²) in [6.07, 6.45) is 0. The molecule has 190 valence electrons. The van der Waals surface area contributed by atoms with Gasteiger partial charge in [-0.25, -0.2) is 0 Å². The van der Waals surface area contributed by atoms with Crippen molar-refractivity contribution in [3.8, 4) is 45.9 Å². The van der Waals surface area contributed by atoms with Crippen molar-refractivity contribution in [3.63, 3.8) is 0 Å². The van der Waals surface area contributed by atoms with Crippen LogP contribution in [0.15, 0.2) is 121 Å². The third-order valence-corrected chi connectivity index (χ3v) is 6.16. The lowest BCUT2D eigenvalue weighted by atomic mass is 9.98. The van der Waals surface area contributed by atoms with Gasteiger partial charge in [-0.15, -0.1) is 0 Å². The highest BCUT2D eigenvalue weighted by molar-refractivity contribution is 5.73. The van der Waals surface area contributed by atoms with E-state index in [9.17, 15) is 20.2 Å². The van der Waals surface area contributed by atoms with Crippen LogP contribution in [0.2, 0.25) is 0 Å². The van der Waals surface area contributed by atoms with Gasteiger partial charge in [-0.2, -0.15) is 0 Å². The number of rotatable bonds is 4. The molecule has 0 saturated heterocycles. The molecule has 0 aliphatic rings. The van der Waals surface area contributed by atoms with Crippen LogP contribution in [0.25, 0.3) is 22.3 Å². The molecule has 5 aromatic rings. The van der Waals surface area contributed by atoms with Gasteiger partial charge in [0.05, 0.1) is 9.85 Å². The lowest BCUT2D eigenvalue weighted by Crippen LogP contribution is -1.87. The lowest BCUT2D eigenvalue weighted by molar-refractivity contribution is -0.385. The Labute approximate surface area is 230 Å². The molecule has 40 heavy (non-hydrogen) atoms. The van der Waals surface area contributed by atoms with Crippen molar-refractivity contribution in [2.24, 2.45) is 0 Å². The second-order valence-corrected chi connectivity index (χ2v) is 8.84. The molecule has 5 rings (SSSR count). The summed E-state index contributed by atoms with van der Waals surface area (Å²) in [5.74, 6) is 12.3. The first-order valence-electron chi connectivity index (χ1n) is 12.3. The van der Waals surface area contributed by atoms with Crippen molar-refractivity contribution in [1.82, 2.24) is 0 Å². The molecule has 0 aliphatic heterocycles. The van der Waals surface area contributed by atoms with E-state index in [4.69, 9.17) is 0 Å². The third-order valence-electron chi connectivity index (χ3n) is 6.16. The average Bonchev–Trinajstić information content (AvgIpc) is 3.00. The van der Waals surface area contributed by atoms with Crippen LogP contribution in [-0.4, -0.2) is 9.85 Å². The standard InChI is InChI=1S/C34H20N2O4/c37-35(38)33-20-12-27(13-21-33)6-4-25-8-16-29(17-9-25)31-2-1-3-32(24-31)30-18-10-26(11-19-30)5-7-28-14-22-34(23-15-28)36(39)40/h1-3,8-24H. The van der Waals surface area contributed by atoms with E-state index in [-0.39, 0.29) is 11.4 Å². The van der Waals surface area contributed by atoms with Crippen molar-refractivity contribution in [2.45, 2.75) is 0 Å². The summed E-state index contributed by atoms with van der Waals surface area (Å²) in [6, 6.07) is 36.6. The van der Waals surface area contributed by atoms with E-state index in [2.05, 4.69) is 41.9 Å². The van der Waals surface area contributed by atoms with Gasteiger partial charge in [-0.1, -0.05) is 66.1 Å². The van der Waals surface area contributed by atoms with E-state index in [0.717, 1.165) is 33.4 Å². The minimum absolute atomic E-state index is 0.0430. The van der Waals surface area contributed by atoms with Crippen molar-refractivity contribution in [1.29, 1.82) is 0 Å². The highest BCUT2D eigenvalue weighted by Crippen LogP contribution is 2.27. The molecule has 0 fully saturated rings. The van der Waals surface area contributed by atoms with E-state index in [1.54, 1.807) is 24.3 Å². The minimum Gasteiger partial charge on any atom is -0.258 e. The summed E-state index contributed by atoms with van der Waals surface area (Å²) < 4.78 is 0. The second kappa shape index (κ2) is 11.6. The molecule has 0 radical (unpaired) electrons. The van der Waals surface area contributed by atoms with Crippen LogP contribution < -0.4 is 0 Å². The molecule has 0 aromatic heterocycles. The van der Waals surface area contributed by atoms with Crippen LogP contribution in [0.1, 0.15) is 22.3 Å². The van der Waals surface area contributed by atoms with Crippen molar-refractivity contribution in [2.75, 3.05) is 0 Å². The Balaban J connectivity index is 1.28. The number of nitro benzene ring substituents is 2. The van der Waals surface area contributed by atoms with Crippen LogP contribution in [0.3, 0.4) is 0 Å².